The molecule has 0 aromatic heterocycles. The summed E-state index contributed by atoms with van der Waals surface area (Å²) in [6.07, 6.45) is 1.02. The number of nitrogens with one attached hydrogen (secondary N) is 2. The van der Waals surface area contributed by atoms with E-state index in [2.05, 4.69) is 10.6 Å². The van der Waals surface area contributed by atoms with Crippen molar-refractivity contribution in [3.8, 4) is 0 Å². The van der Waals surface area contributed by atoms with E-state index in [0.717, 1.165) is 24.0 Å². The maximum Gasteiger partial charge on any atom is 0.321 e. The molecular formula is C22H27N3O3. The van der Waals surface area contributed by atoms with Crippen LogP contribution >= 0.6 is 0 Å². The molecule has 1 saturated heterocycles. The number of carbonyl (C=O) groups excluding carboxylic acids is 2. The van der Waals surface area contributed by atoms with Crippen molar-refractivity contribution in [2.45, 2.75) is 32.8 Å². The summed E-state index contributed by atoms with van der Waals surface area (Å²) in [5.41, 5.74) is 3.19. The van der Waals surface area contributed by atoms with Gasteiger partial charge in [-0.15, -0.1) is 0 Å². The molecule has 3 rings (SSSR count). The molecule has 2 aromatic carbocycles. The van der Waals surface area contributed by atoms with Crippen LogP contribution in [0.1, 0.15) is 37.0 Å². The Morgan fingerprint density at radius 2 is 1.75 bits per heavy atom. The molecule has 1 aliphatic rings. The predicted molar refractivity (Wildman–Crippen MR) is 110 cm³/mol. The molecule has 0 radical (unpaired) electrons. The number of aliphatic hydroxyl groups excluding tert-OH is 1. The van der Waals surface area contributed by atoms with Gasteiger partial charge in [0.05, 0.1) is 6.10 Å². The number of nitrogens with zero attached hydrogens (tertiary/aromatic N) is 1. The van der Waals surface area contributed by atoms with Crippen molar-refractivity contribution in [1.29, 1.82) is 0 Å². The lowest BCUT2D eigenvalue weighted by Crippen LogP contribution is -2.42. The van der Waals surface area contributed by atoms with Crippen LogP contribution in [0.15, 0.2) is 48.5 Å². The Hall–Kier alpha value is -2.86. The Morgan fingerprint density at radius 1 is 1.07 bits per heavy atom. The summed E-state index contributed by atoms with van der Waals surface area (Å²) in [5, 5.41) is 16.3. The van der Waals surface area contributed by atoms with Crippen LogP contribution in [0.5, 0.6) is 0 Å². The Balaban J connectivity index is 1.56. The Labute approximate surface area is 165 Å². The predicted octanol–water partition coefficient (Wildman–Crippen LogP) is 3.93. The van der Waals surface area contributed by atoms with Gasteiger partial charge >= 0.3 is 6.03 Å². The number of piperidine rings is 1. The molecule has 1 aliphatic heterocycles. The van der Waals surface area contributed by atoms with Crippen molar-refractivity contribution >= 4 is 23.3 Å². The quantitative estimate of drug-likeness (QED) is 0.750. The zero-order chi connectivity index (χ0) is 20.1. The van der Waals surface area contributed by atoms with Crippen LogP contribution in [-0.2, 0) is 4.79 Å². The molecule has 6 nitrogen and oxygen atoms in total. The number of hydrogen-bond donors (Lipinski definition) is 3. The van der Waals surface area contributed by atoms with E-state index in [1.54, 1.807) is 11.0 Å². The number of aryl methyl sites for hydroxylation is 1. The fraction of sp³-hybridized carbons (Fsp3) is 0.364. The van der Waals surface area contributed by atoms with Crippen molar-refractivity contribution in [2.75, 3.05) is 23.7 Å². The Bertz CT molecular complexity index is 830. The average molecular weight is 381 g/mol. The lowest BCUT2D eigenvalue weighted by atomic mass is 9.87. The second-order valence-electron chi connectivity index (χ2n) is 7.32. The average Bonchev–Trinajstić information content (AvgIpc) is 2.70. The van der Waals surface area contributed by atoms with Gasteiger partial charge in [0, 0.05) is 31.4 Å². The smallest absolute Gasteiger partial charge is 0.321 e. The molecule has 0 bridgehead atoms. The van der Waals surface area contributed by atoms with Gasteiger partial charge < -0.3 is 20.6 Å². The molecule has 1 heterocycles. The Kier molecular flexibility index (Phi) is 6.31. The first-order chi connectivity index (χ1) is 13.4. The highest BCUT2D eigenvalue weighted by molar-refractivity contribution is 5.93. The summed E-state index contributed by atoms with van der Waals surface area (Å²) in [5.74, 6) is 0.00261. The monoisotopic (exact) mass is 381 g/mol. The van der Waals surface area contributed by atoms with Crippen LogP contribution in [0.2, 0.25) is 0 Å². The van der Waals surface area contributed by atoms with E-state index in [9.17, 15) is 14.7 Å². The minimum atomic E-state index is -0.497. The topological polar surface area (TPSA) is 81.7 Å². The third-order valence-electron chi connectivity index (χ3n) is 5.21. The standard InChI is InChI=1S/C22H27N3O3/c1-15-8-9-19(14-20(15)23-16(2)26)24-22(28)25-12-10-18(11-13-25)21(27)17-6-4-3-5-7-17/h3-9,14,18,21,27H,10-13H2,1-2H3,(H,23,26)(H,24,28). The van der Waals surface area contributed by atoms with Crippen molar-refractivity contribution in [2.24, 2.45) is 5.92 Å². The summed E-state index contributed by atoms with van der Waals surface area (Å²) < 4.78 is 0. The fourth-order valence-corrected chi connectivity index (χ4v) is 3.57. The van der Waals surface area contributed by atoms with Crippen LogP contribution in [-0.4, -0.2) is 35.0 Å². The van der Waals surface area contributed by atoms with Gasteiger partial charge in [-0.25, -0.2) is 4.79 Å². The van der Waals surface area contributed by atoms with Gasteiger partial charge in [-0.05, 0) is 48.9 Å². The second kappa shape index (κ2) is 8.89. The van der Waals surface area contributed by atoms with Gasteiger partial charge in [-0.2, -0.15) is 0 Å². The van der Waals surface area contributed by atoms with Gasteiger partial charge in [-0.3, -0.25) is 4.79 Å². The van der Waals surface area contributed by atoms with E-state index in [0.29, 0.717) is 24.5 Å². The molecule has 28 heavy (non-hydrogen) atoms. The zero-order valence-electron chi connectivity index (χ0n) is 16.3. The van der Waals surface area contributed by atoms with Crippen molar-refractivity contribution < 1.29 is 14.7 Å². The highest BCUT2D eigenvalue weighted by Crippen LogP contribution is 2.31. The summed E-state index contributed by atoms with van der Waals surface area (Å²) in [4.78, 5) is 25.7. The molecular weight excluding hydrogens is 354 g/mol. The summed E-state index contributed by atoms with van der Waals surface area (Å²) in [6, 6.07) is 15.0. The summed E-state index contributed by atoms with van der Waals surface area (Å²) in [7, 11) is 0. The fourth-order valence-electron chi connectivity index (χ4n) is 3.57. The number of likely N-dealkylation sites (tertiary alicyclic amines) is 1. The molecule has 0 spiro atoms. The van der Waals surface area contributed by atoms with Crippen LogP contribution in [0.25, 0.3) is 0 Å². The maximum atomic E-state index is 12.6. The number of carbonyl (C=O) groups is 2. The molecule has 1 fully saturated rings. The van der Waals surface area contributed by atoms with Crippen molar-refractivity contribution in [3.63, 3.8) is 0 Å². The lowest BCUT2D eigenvalue weighted by Gasteiger charge is -2.34. The molecule has 1 unspecified atom stereocenters. The number of amides is 3. The first-order valence-corrected chi connectivity index (χ1v) is 9.61. The van der Waals surface area contributed by atoms with Gasteiger partial charge in [0.2, 0.25) is 5.91 Å². The molecule has 0 saturated carbocycles. The van der Waals surface area contributed by atoms with Crippen LogP contribution < -0.4 is 10.6 Å². The first kappa shape index (κ1) is 19.9. The summed E-state index contributed by atoms with van der Waals surface area (Å²) >= 11 is 0. The first-order valence-electron chi connectivity index (χ1n) is 9.61. The molecule has 2 aromatic rings. The van der Waals surface area contributed by atoms with E-state index in [1.165, 1.54) is 6.92 Å². The van der Waals surface area contributed by atoms with Gasteiger partial charge in [0.1, 0.15) is 0 Å². The number of benzene rings is 2. The molecule has 3 N–H and O–H groups in total. The van der Waals surface area contributed by atoms with E-state index in [1.807, 2.05) is 49.4 Å². The van der Waals surface area contributed by atoms with Gasteiger partial charge in [0.15, 0.2) is 0 Å². The van der Waals surface area contributed by atoms with E-state index in [-0.39, 0.29) is 17.9 Å². The largest absolute Gasteiger partial charge is 0.388 e. The number of rotatable bonds is 4. The SMILES string of the molecule is CC(=O)Nc1cc(NC(=O)N2CCC(C(O)c3ccccc3)CC2)ccc1C. The van der Waals surface area contributed by atoms with Crippen molar-refractivity contribution in [1.82, 2.24) is 4.90 Å². The minimum Gasteiger partial charge on any atom is -0.388 e. The highest BCUT2D eigenvalue weighted by Gasteiger charge is 2.28. The molecule has 6 heteroatoms. The summed E-state index contributed by atoms with van der Waals surface area (Å²) in [6.45, 7) is 4.56. The van der Waals surface area contributed by atoms with Gasteiger partial charge in [-0.1, -0.05) is 36.4 Å². The number of aliphatic hydroxyl groups is 1. The maximum absolute atomic E-state index is 12.6. The van der Waals surface area contributed by atoms with Crippen LogP contribution in [0, 0.1) is 12.8 Å². The second-order valence-corrected chi connectivity index (χ2v) is 7.32. The number of anilines is 2. The minimum absolute atomic E-state index is 0.148. The molecule has 148 valence electrons. The molecule has 1 atom stereocenters. The third kappa shape index (κ3) is 4.89. The lowest BCUT2D eigenvalue weighted by molar-refractivity contribution is -0.114. The van der Waals surface area contributed by atoms with Crippen LogP contribution in [0.3, 0.4) is 0 Å². The third-order valence-corrected chi connectivity index (χ3v) is 5.21. The van der Waals surface area contributed by atoms with E-state index < -0.39 is 6.10 Å². The highest BCUT2D eigenvalue weighted by atomic mass is 16.3. The Morgan fingerprint density at radius 3 is 2.39 bits per heavy atom. The normalized spacial score (nSPS) is 15.8. The molecule has 3 amide bonds. The number of hydrogen-bond acceptors (Lipinski definition) is 3. The molecule has 0 aliphatic carbocycles. The number of urea groups is 1. The van der Waals surface area contributed by atoms with E-state index in [4.69, 9.17) is 0 Å². The van der Waals surface area contributed by atoms with Crippen LogP contribution in [0.4, 0.5) is 16.2 Å². The van der Waals surface area contributed by atoms with E-state index >= 15 is 0 Å². The van der Waals surface area contributed by atoms with Crippen molar-refractivity contribution in [3.05, 3.63) is 59.7 Å². The zero-order valence-corrected chi connectivity index (χ0v) is 16.3. The van der Waals surface area contributed by atoms with Gasteiger partial charge in [0.25, 0.3) is 0 Å².